The van der Waals surface area contributed by atoms with Gasteiger partial charge in [0.1, 0.15) is 6.26 Å². The standard InChI is InChI=1S/C13H16O5/c1-2-3-8-17-13(16)10(5-7-12(14)15)4-6-11-9-18-11/h2,5,8,11H,4,6-7,9H2,1H3,(H,14,15). The summed E-state index contributed by atoms with van der Waals surface area (Å²) < 4.78 is 9.86. The van der Waals surface area contributed by atoms with Gasteiger partial charge >= 0.3 is 11.9 Å². The summed E-state index contributed by atoms with van der Waals surface area (Å²) >= 11 is 0. The summed E-state index contributed by atoms with van der Waals surface area (Å²) in [6, 6.07) is 0. The molecule has 0 radical (unpaired) electrons. The van der Waals surface area contributed by atoms with Gasteiger partial charge in [-0.05, 0) is 25.8 Å². The number of hydrogen-bond acceptors (Lipinski definition) is 4. The molecule has 5 heteroatoms. The van der Waals surface area contributed by atoms with Crippen molar-refractivity contribution in [2.45, 2.75) is 32.3 Å². The third kappa shape index (κ3) is 6.03. The predicted octanol–water partition coefficient (Wildman–Crippen LogP) is 1.80. The van der Waals surface area contributed by atoms with Crippen molar-refractivity contribution < 1.29 is 24.2 Å². The molecule has 1 aliphatic heterocycles. The molecule has 18 heavy (non-hydrogen) atoms. The van der Waals surface area contributed by atoms with Gasteiger partial charge in [0, 0.05) is 5.57 Å². The lowest BCUT2D eigenvalue weighted by molar-refractivity contribution is -0.136. The Hall–Kier alpha value is -1.84. The summed E-state index contributed by atoms with van der Waals surface area (Å²) in [5.41, 5.74) is 2.98. The molecule has 1 heterocycles. The zero-order chi connectivity index (χ0) is 13.4. The zero-order valence-electron chi connectivity index (χ0n) is 10.2. The van der Waals surface area contributed by atoms with Crippen molar-refractivity contribution in [1.29, 1.82) is 0 Å². The molecule has 1 N–H and O–H groups in total. The van der Waals surface area contributed by atoms with Crippen LogP contribution in [0, 0.1) is 0 Å². The fourth-order valence-corrected chi connectivity index (χ4v) is 1.28. The van der Waals surface area contributed by atoms with Gasteiger partial charge in [-0.25, -0.2) is 4.79 Å². The Kier molecular flexibility index (Phi) is 5.91. The summed E-state index contributed by atoms with van der Waals surface area (Å²) in [4.78, 5) is 22.1. The predicted molar refractivity (Wildman–Crippen MR) is 63.7 cm³/mol. The number of carboxylic acid groups (broad SMARTS) is 1. The van der Waals surface area contributed by atoms with Crippen molar-refractivity contribution in [3.05, 3.63) is 29.7 Å². The Morgan fingerprint density at radius 3 is 2.83 bits per heavy atom. The second-order valence-corrected chi connectivity index (χ2v) is 3.80. The van der Waals surface area contributed by atoms with Gasteiger partial charge in [-0.2, -0.15) is 0 Å². The van der Waals surface area contributed by atoms with E-state index in [1.807, 2.05) is 0 Å². The first kappa shape index (κ1) is 14.2. The lowest BCUT2D eigenvalue weighted by Crippen LogP contribution is -2.06. The topological polar surface area (TPSA) is 76.1 Å². The van der Waals surface area contributed by atoms with E-state index in [0.717, 1.165) is 6.26 Å². The van der Waals surface area contributed by atoms with Crippen molar-refractivity contribution >= 4 is 11.9 Å². The normalized spacial score (nSPS) is 17.6. The van der Waals surface area contributed by atoms with Gasteiger partial charge in [-0.3, -0.25) is 4.79 Å². The van der Waals surface area contributed by atoms with Gasteiger partial charge in [0.05, 0.1) is 19.1 Å². The fourth-order valence-electron chi connectivity index (χ4n) is 1.28. The Labute approximate surface area is 105 Å². The number of esters is 1. The van der Waals surface area contributed by atoms with Crippen molar-refractivity contribution in [3.8, 4) is 0 Å². The molecule has 0 aromatic heterocycles. The summed E-state index contributed by atoms with van der Waals surface area (Å²) in [5, 5.41) is 8.60. The van der Waals surface area contributed by atoms with Crippen LogP contribution in [0.4, 0.5) is 0 Å². The molecule has 0 spiro atoms. The maximum absolute atomic E-state index is 11.7. The van der Waals surface area contributed by atoms with Crippen LogP contribution in [0.1, 0.15) is 26.2 Å². The first-order valence-corrected chi connectivity index (χ1v) is 5.72. The van der Waals surface area contributed by atoms with Crippen LogP contribution in [0.5, 0.6) is 0 Å². The van der Waals surface area contributed by atoms with Crippen LogP contribution < -0.4 is 0 Å². The van der Waals surface area contributed by atoms with E-state index in [2.05, 4.69) is 5.73 Å². The van der Waals surface area contributed by atoms with E-state index in [0.29, 0.717) is 25.0 Å². The molecule has 0 aromatic carbocycles. The van der Waals surface area contributed by atoms with Crippen molar-refractivity contribution in [1.82, 2.24) is 0 Å². The first-order valence-electron chi connectivity index (χ1n) is 5.72. The number of rotatable bonds is 7. The molecule has 1 fully saturated rings. The van der Waals surface area contributed by atoms with Gasteiger partial charge in [0.2, 0.25) is 0 Å². The smallest absolute Gasteiger partial charge is 0.339 e. The quantitative estimate of drug-likeness (QED) is 0.246. The molecule has 0 aromatic rings. The second-order valence-electron chi connectivity index (χ2n) is 3.80. The van der Waals surface area contributed by atoms with Crippen LogP contribution in [-0.4, -0.2) is 29.8 Å². The third-order valence-electron chi connectivity index (χ3n) is 2.32. The van der Waals surface area contributed by atoms with Crippen molar-refractivity contribution in [3.63, 3.8) is 0 Å². The summed E-state index contributed by atoms with van der Waals surface area (Å²) in [6.07, 6.45) is 5.31. The Morgan fingerprint density at radius 2 is 2.28 bits per heavy atom. The number of ether oxygens (including phenoxy) is 2. The Bertz CT molecular complexity index is 398. The van der Waals surface area contributed by atoms with E-state index in [9.17, 15) is 9.59 Å². The molecule has 1 unspecified atom stereocenters. The highest BCUT2D eigenvalue weighted by Gasteiger charge is 2.23. The molecule has 1 aliphatic rings. The summed E-state index contributed by atoms with van der Waals surface area (Å²) in [7, 11) is 0. The number of carbonyl (C=O) groups is 2. The molecule has 5 nitrogen and oxygen atoms in total. The minimum Gasteiger partial charge on any atom is -0.481 e. The lowest BCUT2D eigenvalue weighted by atomic mass is 10.1. The first-order chi connectivity index (χ1) is 8.63. The van der Waals surface area contributed by atoms with Gasteiger partial charge in [0.25, 0.3) is 0 Å². The van der Waals surface area contributed by atoms with Gasteiger partial charge < -0.3 is 14.6 Å². The summed E-state index contributed by atoms with van der Waals surface area (Å²) in [5.74, 6) is -1.52. The largest absolute Gasteiger partial charge is 0.481 e. The minimum absolute atomic E-state index is 0.191. The number of hydrogen-bond donors (Lipinski definition) is 1. The number of epoxide rings is 1. The van der Waals surface area contributed by atoms with Crippen LogP contribution in [0.25, 0.3) is 0 Å². The van der Waals surface area contributed by atoms with Crippen LogP contribution in [0.3, 0.4) is 0 Å². The van der Waals surface area contributed by atoms with Crippen molar-refractivity contribution in [2.24, 2.45) is 0 Å². The Balaban J connectivity index is 2.55. The maximum atomic E-state index is 11.7. The minimum atomic E-state index is -0.980. The second kappa shape index (κ2) is 7.48. The average Bonchev–Trinajstić information content (AvgIpc) is 3.13. The highest BCUT2D eigenvalue weighted by Crippen LogP contribution is 2.19. The monoisotopic (exact) mass is 252 g/mol. The van der Waals surface area contributed by atoms with E-state index >= 15 is 0 Å². The highest BCUT2D eigenvalue weighted by molar-refractivity contribution is 5.89. The molecule has 0 aliphatic carbocycles. The SMILES string of the molecule is CC=C=COC(=O)C(=CCC(=O)O)CCC1CO1. The molecule has 0 bridgehead atoms. The van der Waals surface area contributed by atoms with Crippen LogP contribution in [-0.2, 0) is 19.1 Å². The van der Waals surface area contributed by atoms with Crippen LogP contribution in [0.15, 0.2) is 29.7 Å². The van der Waals surface area contributed by atoms with E-state index in [1.54, 1.807) is 13.0 Å². The lowest BCUT2D eigenvalue weighted by Gasteiger charge is -2.03. The number of aliphatic carboxylic acids is 1. The van der Waals surface area contributed by atoms with E-state index in [-0.39, 0.29) is 12.5 Å². The molecular formula is C13H16O5. The van der Waals surface area contributed by atoms with E-state index < -0.39 is 11.9 Å². The van der Waals surface area contributed by atoms with Crippen LogP contribution in [0.2, 0.25) is 0 Å². The average molecular weight is 252 g/mol. The number of allylic oxidation sites excluding steroid dienone is 1. The number of carbonyl (C=O) groups excluding carboxylic acids is 1. The van der Waals surface area contributed by atoms with Crippen molar-refractivity contribution in [2.75, 3.05) is 6.61 Å². The molecule has 1 saturated heterocycles. The molecular weight excluding hydrogens is 236 g/mol. The Morgan fingerprint density at radius 1 is 1.56 bits per heavy atom. The zero-order valence-corrected chi connectivity index (χ0v) is 10.2. The van der Waals surface area contributed by atoms with E-state index in [4.69, 9.17) is 14.6 Å². The van der Waals surface area contributed by atoms with Crippen LogP contribution >= 0.6 is 0 Å². The fraction of sp³-hybridized carbons (Fsp3) is 0.462. The number of carboxylic acids is 1. The molecule has 0 saturated carbocycles. The van der Waals surface area contributed by atoms with E-state index in [1.165, 1.54) is 6.08 Å². The third-order valence-corrected chi connectivity index (χ3v) is 2.32. The van der Waals surface area contributed by atoms with Gasteiger partial charge in [-0.1, -0.05) is 11.8 Å². The van der Waals surface area contributed by atoms with Gasteiger partial charge in [0.15, 0.2) is 0 Å². The molecule has 1 atom stereocenters. The highest BCUT2D eigenvalue weighted by atomic mass is 16.6. The molecule has 98 valence electrons. The van der Waals surface area contributed by atoms with Gasteiger partial charge in [-0.15, -0.1) is 0 Å². The molecule has 1 rings (SSSR count). The summed E-state index contributed by atoms with van der Waals surface area (Å²) in [6.45, 7) is 2.45. The maximum Gasteiger partial charge on any atom is 0.339 e. The molecule has 0 amide bonds.